The molecule has 2 aliphatic rings. The number of hydrogen-bond acceptors (Lipinski definition) is 6. The van der Waals surface area contributed by atoms with Crippen LogP contribution in [0.1, 0.15) is 18.0 Å². The third-order valence-electron chi connectivity index (χ3n) is 5.34. The van der Waals surface area contributed by atoms with E-state index in [0.717, 1.165) is 31.7 Å². The van der Waals surface area contributed by atoms with E-state index in [4.69, 9.17) is 0 Å². The van der Waals surface area contributed by atoms with Crippen LogP contribution in [0, 0.1) is 5.82 Å². The summed E-state index contributed by atoms with van der Waals surface area (Å²) in [6.07, 6.45) is 0.132. The van der Waals surface area contributed by atoms with Gasteiger partial charge in [-0.05, 0) is 31.2 Å². The van der Waals surface area contributed by atoms with E-state index in [0.29, 0.717) is 0 Å². The number of piperazine rings is 1. The van der Waals surface area contributed by atoms with Crippen LogP contribution in [0.15, 0.2) is 24.3 Å². The monoisotopic (exact) mass is 419 g/mol. The van der Waals surface area contributed by atoms with Gasteiger partial charge in [0, 0.05) is 38.8 Å². The number of sulfone groups is 1. The number of benzene rings is 1. The maximum absolute atomic E-state index is 13.3. The van der Waals surface area contributed by atoms with Crippen molar-refractivity contribution in [2.24, 2.45) is 0 Å². The molecule has 2 heterocycles. The number of likely N-dealkylation sites (N-methyl/N-ethyl adjacent to an activating group) is 1. The first-order chi connectivity index (χ1) is 12.7. The molecule has 2 atom stereocenters. The molecule has 1 aromatic carbocycles. The molecule has 0 aliphatic carbocycles. The van der Waals surface area contributed by atoms with E-state index in [1.807, 2.05) is 7.05 Å². The van der Waals surface area contributed by atoms with Gasteiger partial charge in [-0.1, -0.05) is 12.1 Å². The summed E-state index contributed by atoms with van der Waals surface area (Å²) in [6, 6.07) is 5.86. The Morgan fingerprint density at radius 2 is 1.81 bits per heavy atom. The van der Waals surface area contributed by atoms with Crippen LogP contribution in [-0.4, -0.2) is 83.2 Å². The standard InChI is InChI=1S/C17H26FN3O4S2/c1-20-7-9-21(10-8-20)17(14-2-4-15(18)5-3-14)12-19-27(24,25)16-6-11-26(22,23)13-16/h2-5,16-17,19H,6-13H2,1H3/t16-,17-/m0/s1. The molecule has 1 aromatic rings. The molecule has 3 rings (SSSR count). The summed E-state index contributed by atoms with van der Waals surface area (Å²) in [7, 11) is -4.97. The zero-order valence-electron chi connectivity index (χ0n) is 15.3. The lowest BCUT2D eigenvalue weighted by molar-refractivity contribution is 0.113. The Labute approximate surface area is 160 Å². The quantitative estimate of drug-likeness (QED) is 0.710. The Morgan fingerprint density at radius 1 is 1.19 bits per heavy atom. The molecule has 0 radical (unpaired) electrons. The number of nitrogens with zero attached hydrogens (tertiary/aromatic N) is 2. The highest BCUT2D eigenvalue weighted by molar-refractivity contribution is 7.95. The molecule has 1 N–H and O–H groups in total. The molecule has 10 heteroatoms. The summed E-state index contributed by atoms with van der Waals surface area (Å²) in [6.45, 7) is 3.42. The maximum Gasteiger partial charge on any atom is 0.215 e. The van der Waals surface area contributed by atoms with Crippen LogP contribution in [0.2, 0.25) is 0 Å². The molecule has 0 amide bonds. The number of sulfonamides is 1. The average molecular weight is 420 g/mol. The summed E-state index contributed by atoms with van der Waals surface area (Å²) < 4.78 is 64.3. The first-order valence-electron chi connectivity index (χ1n) is 9.03. The van der Waals surface area contributed by atoms with Gasteiger partial charge in [-0.3, -0.25) is 4.90 Å². The van der Waals surface area contributed by atoms with Crippen LogP contribution in [0.5, 0.6) is 0 Å². The molecular formula is C17H26FN3O4S2. The van der Waals surface area contributed by atoms with Crippen molar-refractivity contribution >= 4 is 19.9 Å². The van der Waals surface area contributed by atoms with E-state index >= 15 is 0 Å². The largest absolute Gasteiger partial charge is 0.304 e. The van der Waals surface area contributed by atoms with E-state index in [9.17, 15) is 21.2 Å². The Kier molecular flexibility index (Phi) is 6.21. The van der Waals surface area contributed by atoms with Crippen LogP contribution in [0.25, 0.3) is 0 Å². The molecule has 152 valence electrons. The summed E-state index contributed by atoms with van der Waals surface area (Å²) >= 11 is 0. The zero-order chi connectivity index (χ0) is 19.7. The number of halogens is 1. The molecule has 0 unspecified atom stereocenters. The first kappa shape index (κ1) is 20.7. The zero-order valence-corrected chi connectivity index (χ0v) is 17.0. The average Bonchev–Trinajstić information content (AvgIpc) is 2.99. The molecule has 27 heavy (non-hydrogen) atoms. The van der Waals surface area contributed by atoms with Gasteiger partial charge in [0.05, 0.1) is 16.8 Å². The van der Waals surface area contributed by atoms with Gasteiger partial charge in [0.15, 0.2) is 9.84 Å². The van der Waals surface area contributed by atoms with Crippen molar-refractivity contribution in [2.75, 3.05) is 51.3 Å². The van der Waals surface area contributed by atoms with Gasteiger partial charge in [-0.2, -0.15) is 0 Å². The highest BCUT2D eigenvalue weighted by Crippen LogP contribution is 2.24. The predicted octanol–water partition coefficient (Wildman–Crippen LogP) is 0.221. The van der Waals surface area contributed by atoms with Gasteiger partial charge in [-0.15, -0.1) is 0 Å². The second-order valence-corrected chi connectivity index (χ2v) is 11.6. The molecule has 2 saturated heterocycles. The van der Waals surface area contributed by atoms with Gasteiger partial charge < -0.3 is 4.90 Å². The summed E-state index contributed by atoms with van der Waals surface area (Å²) in [5.41, 5.74) is 0.836. The molecule has 0 bridgehead atoms. The van der Waals surface area contributed by atoms with Crippen LogP contribution in [-0.2, 0) is 19.9 Å². The van der Waals surface area contributed by atoms with Crippen molar-refractivity contribution in [1.82, 2.24) is 14.5 Å². The van der Waals surface area contributed by atoms with E-state index < -0.39 is 25.1 Å². The van der Waals surface area contributed by atoms with Gasteiger partial charge >= 0.3 is 0 Å². The van der Waals surface area contributed by atoms with Crippen molar-refractivity contribution in [1.29, 1.82) is 0 Å². The van der Waals surface area contributed by atoms with E-state index in [1.54, 1.807) is 12.1 Å². The second-order valence-electron chi connectivity index (χ2n) is 7.33. The Balaban J connectivity index is 1.74. The lowest BCUT2D eigenvalue weighted by atomic mass is 10.0. The van der Waals surface area contributed by atoms with Crippen LogP contribution < -0.4 is 4.72 Å². The number of rotatable bonds is 6. The van der Waals surface area contributed by atoms with Crippen LogP contribution in [0.4, 0.5) is 4.39 Å². The fraction of sp³-hybridized carbons (Fsp3) is 0.647. The predicted molar refractivity (Wildman–Crippen MR) is 102 cm³/mol. The lowest BCUT2D eigenvalue weighted by Crippen LogP contribution is -2.49. The van der Waals surface area contributed by atoms with Crippen molar-refractivity contribution < 1.29 is 21.2 Å². The molecule has 0 saturated carbocycles. The van der Waals surface area contributed by atoms with Crippen molar-refractivity contribution in [3.63, 3.8) is 0 Å². The fourth-order valence-corrected chi connectivity index (χ4v) is 7.68. The van der Waals surface area contributed by atoms with Gasteiger partial charge in [0.1, 0.15) is 5.82 Å². The fourth-order valence-electron chi connectivity index (χ4n) is 3.59. The summed E-state index contributed by atoms with van der Waals surface area (Å²) in [5.74, 6) is -0.746. The van der Waals surface area contributed by atoms with Crippen LogP contribution in [0.3, 0.4) is 0 Å². The van der Waals surface area contributed by atoms with E-state index in [2.05, 4.69) is 14.5 Å². The minimum Gasteiger partial charge on any atom is -0.304 e. The van der Waals surface area contributed by atoms with Crippen molar-refractivity contribution in [3.05, 3.63) is 35.6 Å². The summed E-state index contributed by atoms with van der Waals surface area (Å²) in [5, 5.41) is -0.899. The highest BCUT2D eigenvalue weighted by Gasteiger charge is 2.37. The Bertz CT molecular complexity index is 851. The second kappa shape index (κ2) is 8.12. The first-order valence-corrected chi connectivity index (χ1v) is 12.4. The van der Waals surface area contributed by atoms with Crippen molar-refractivity contribution in [3.8, 4) is 0 Å². The van der Waals surface area contributed by atoms with Gasteiger partial charge in [-0.25, -0.2) is 25.9 Å². The molecule has 7 nitrogen and oxygen atoms in total. The topological polar surface area (TPSA) is 86.8 Å². The van der Waals surface area contributed by atoms with Gasteiger partial charge in [0.2, 0.25) is 10.0 Å². The van der Waals surface area contributed by atoms with Crippen molar-refractivity contribution in [2.45, 2.75) is 17.7 Å². The minimum atomic E-state index is -3.73. The molecule has 2 fully saturated rings. The molecule has 0 aromatic heterocycles. The molecular weight excluding hydrogens is 393 g/mol. The highest BCUT2D eigenvalue weighted by atomic mass is 32.2. The number of nitrogens with one attached hydrogen (secondary N) is 1. The van der Waals surface area contributed by atoms with Gasteiger partial charge in [0.25, 0.3) is 0 Å². The third kappa shape index (κ3) is 5.26. The maximum atomic E-state index is 13.3. The van der Waals surface area contributed by atoms with Crippen LogP contribution >= 0.6 is 0 Å². The summed E-state index contributed by atoms with van der Waals surface area (Å²) in [4.78, 5) is 4.38. The van der Waals surface area contributed by atoms with E-state index in [-0.39, 0.29) is 36.3 Å². The minimum absolute atomic E-state index is 0.0849. The normalized spacial score (nSPS) is 25.5. The SMILES string of the molecule is CN1CCN([C@@H](CNS(=O)(=O)[C@H]2CCS(=O)(=O)C2)c2ccc(F)cc2)CC1. The Morgan fingerprint density at radius 3 is 2.37 bits per heavy atom. The number of hydrogen-bond donors (Lipinski definition) is 1. The lowest BCUT2D eigenvalue weighted by Gasteiger charge is -2.38. The Hall–Kier alpha value is -1.07. The van der Waals surface area contributed by atoms with E-state index in [1.165, 1.54) is 12.1 Å². The molecule has 0 spiro atoms. The third-order valence-corrected chi connectivity index (χ3v) is 9.17. The smallest absolute Gasteiger partial charge is 0.215 e. The molecule has 2 aliphatic heterocycles.